The summed E-state index contributed by atoms with van der Waals surface area (Å²) < 4.78 is 5.87. The van der Waals surface area contributed by atoms with Crippen molar-refractivity contribution < 1.29 is 24.2 Å². The van der Waals surface area contributed by atoms with Crippen molar-refractivity contribution in [3.05, 3.63) is 81.8 Å². The summed E-state index contributed by atoms with van der Waals surface area (Å²) in [7, 11) is 0. The Balaban J connectivity index is 1.77. The lowest BCUT2D eigenvalue weighted by Gasteiger charge is -2.26. The number of ether oxygens (including phenoxy) is 1. The fraction of sp³-hybridized carbons (Fsp3) is 0.296. The number of amides is 1. The van der Waals surface area contributed by atoms with E-state index in [1.807, 2.05) is 30.3 Å². The Morgan fingerprint density at radius 1 is 0.914 bits per heavy atom. The Hall–Kier alpha value is -3.09. The number of halogens is 2. The van der Waals surface area contributed by atoms with Gasteiger partial charge in [-0.25, -0.2) is 4.79 Å². The third-order valence-electron chi connectivity index (χ3n) is 5.67. The summed E-state index contributed by atoms with van der Waals surface area (Å²) in [5.41, 5.74) is 1.19. The van der Waals surface area contributed by atoms with Crippen molar-refractivity contribution in [2.24, 2.45) is 5.92 Å². The molecule has 184 valence electrons. The first-order valence-electron chi connectivity index (χ1n) is 11.3. The maximum atomic E-state index is 13.1. The van der Waals surface area contributed by atoms with E-state index in [1.165, 1.54) is 0 Å². The van der Waals surface area contributed by atoms with Crippen LogP contribution in [0.4, 0.5) is 0 Å². The zero-order valence-corrected chi connectivity index (χ0v) is 21.0. The molecule has 0 heterocycles. The highest BCUT2D eigenvalue weighted by molar-refractivity contribution is 6.42. The van der Waals surface area contributed by atoms with Crippen molar-refractivity contribution in [1.82, 2.24) is 5.32 Å². The first-order chi connectivity index (χ1) is 16.6. The van der Waals surface area contributed by atoms with Crippen LogP contribution in [0.25, 0.3) is 10.8 Å². The second-order valence-electron chi connectivity index (χ2n) is 8.72. The number of aliphatic carboxylic acids is 1. The number of benzene rings is 3. The van der Waals surface area contributed by atoms with Gasteiger partial charge in [-0.15, -0.1) is 0 Å². The van der Waals surface area contributed by atoms with Gasteiger partial charge in [0.25, 0.3) is 0 Å². The van der Waals surface area contributed by atoms with Crippen molar-refractivity contribution in [3.63, 3.8) is 0 Å². The number of esters is 1. The van der Waals surface area contributed by atoms with Crippen LogP contribution in [-0.4, -0.2) is 35.1 Å². The van der Waals surface area contributed by atoms with Crippen LogP contribution in [0.15, 0.2) is 60.7 Å². The lowest BCUT2D eigenvalue weighted by Crippen LogP contribution is -2.44. The van der Waals surface area contributed by atoms with E-state index in [0.29, 0.717) is 22.0 Å². The number of carbonyl (C=O) groups is 3. The Kier molecular flexibility index (Phi) is 9.13. The van der Waals surface area contributed by atoms with Gasteiger partial charge in [0.2, 0.25) is 5.91 Å². The summed E-state index contributed by atoms with van der Waals surface area (Å²) in [5, 5.41) is 14.5. The van der Waals surface area contributed by atoms with Gasteiger partial charge in [0.1, 0.15) is 6.10 Å². The second kappa shape index (κ2) is 12.0. The van der Waals surface area contributed by atoms with Gasteiger partial charge in [-0.2, -0.15) is 0 Å². The van der Waals surface area contributed by atoms with E-state index >= 15 is 0 Å². The largest absolute Gasteiger partial charge is 0.481 e. The van der Waals surface area contributed by atoms with E-state index in [4.69, 9.17) is 33.0 Å². The van der Waals surface area contributed by atoms with Gasteiger partial charge in [0.05, 0.1) is 21.7 Å². The second-order valence-corrected chi connectivity index (χ2v) is 9.54. The monoisotopic (exact) mass is 515 g/mol. The van der Waals surface area contributed by atoms with Crippen molar-refractivity contribution in [2.75, 3.05) is 0 Å². The third kappa shape index (κ3) is 7.70. The van der Waals surface area contributed by atoms with E-state index < -0.39 is 24.1 Å². The summed E-state index contributed by atoms with van der Waals surface area (Å²) >= 11 is 12.2. The molecule has 0 bridgehead atoms. The van der Waals surface area contributed by atoms with Crippen LogP contribution in [0.1, 0.15) is 42.6 Å². The summed E-state index contributed by atoms with van der Waals surface area (Å²) in [4.78, 5) is 36.5. The van der Waals surface area contributed by atoms with E-state index in [0.717, 1.165) is 16.3 Å². The molecule has 0 aliphatic rings. The fourth-order valence-electron chi connectivity index (χ4n) is 3.83. The van der Waals surface area contributed by atoms with Crippen LogP contribution >= 0.6 is 23.2 Å². The number of fused-ring (bicyclic) bond motifs is 1. The lowest BCUT2D eigenvalue weighted by atomic mass is 10.0. The predicted octanol–water partition coefficient (Wildman–Crippen LogP) is 5.92. The predicted molar refractivity (Wildman–Crippen MR) is 137 cm³/mol. The molecule has 0 aliphatic heterocycles. The van der Waals surface area contributed by atoms with Crippen molar-refractivity contribution in [2.45, 2.75) is 45.3 Å². The van der Waals surface area contributed by atoms with Gasteiger partial charge >= 0.3 is 11.9 Å². The maximum absolute atomic E-state index is 13.1. The SMILES string of the molecule is C[C@H](CC(=O)O)CC(=O)N[C@@H](C)[C@H](Cc1ccc(Cl)c(Cl)c1)OC(=O)c1ccc2ccccc2c1. The zero-order chi connectivity index (χ0) is 25.5. The molecule has 0 aliphatic carbocycles. The molecule has 6 nitrogen and oxygen atoms in total. The quantitative estimate of drug-likeness (QED) is 0.327. The molecule has 2 N–H and O–H groups in total. The van der Waals surface area contributed by atoms with E-state index in [9.17, 15) is 14.4 Å². The van der Waals surface area contributed by atoms with Crippen molar-refractivity contribution >= 4 is 51.8 Å². The highest BCUT2D eigenvalue weighted by Crippen LogP contribution is 2.25. The topological polar surface area (TPSA) is 92.7 Å². The van der Waals surface area contributed by atoms with Crippen LogP contribution in [0.2, 0.25) is 10.0 Å². The summed E-state index contributed by atoms with van der Waals surface area (Å²) in [6, 6.07) is 17.6. The third-order valence-corrected chi connectivity index (χ3v) is 6.41. The number of rotatable bonds is 10. The molecular formula is C27H27Cl2NO5. The Bertz CT molecular complexity index is 1230. The Labute approximate surface area is 214 Å². The fourth-order valence-corrected chi connectivity index (χ4v) is 4.15. The van der Waals surface area contributed by atoms with Crippen LogP contribution in [0, 0.1) is 5.92 Å². The molecule has 0 radical (unpaired) electrons. The first-order valence-corrected chi connectivity index (χ1v) is 12.0. The van der Waals surface area contributed by atoms with E-state index in [1.54, 1.807) is 44.2 Å². The number of hydrogen-bond donors (Lipinski definition) is 2. The molecule has 8 heteroatoms. The molecule has 1 amide bonds. The molecule has 0 aromatic heterocycles. The van der Waals surface area contributed by atoms with Gasteiger partial charge in [0.15, 0.2) is 0 Å². The molecule has 0 spiro atoms. The van der Waals surface area contributed by atoms with Crippen molar-refractivity contribution in [1.29, 1.82) is 0 Å². The van der Waals surface area contributed by atoms with Gasteiger partial charge < -0.3 is 15.2 Å². The number of hydrogen-bond acceptors (Lipinski definition) is 4. The highest BCUT2D eigenvalue weighted by atomic mass is 35.5. The Morgan fingerprint density at radius 2 is 1.63 bits per heavy atom. The smallest absolute Gasteiger partial charge is 0.338 e. The average molecular weight is 516 g/mol. The van der Waals surface area contributed by atoms with Crippen LogP contribution in [0.3, 0.4) is 0 Å². The molecule has 3 aromatic carbocycles. The number of carbonyl (C=O) groups excluding carboxylic acids is 2. The summed E-state index contributed by atoms with van der Waals surface area (Å²) in [6.45, 7) is 3.45. The molecule has 3 atom stereocenters. The summed E-state index contributed by atoms with van der Waals surface area (Å²) in [5.74, 6) is -2.11. The minimum Gasteiger partial charge on any atom is -0.481 e. The van der Waals surface area contributed by atoms with Gasteiger partial charge in [-0.05, 0) is 53.4 Å². The van der Waals surface area contributed by atoms with Gasteiger partial charge in [0, 0.05) is 19.3 Å². The molecule has 35 heavy (non-hydrogen) atoms. The normalized spacial score (nSPS) is 13.6. The molecule has 3 rings (SSSR count). The molecule has 3 aromatic rings. The highest BCUT2D eigenvalue weighted by Gasteiger charge is 2.25. The van der Waals surface area contributed by atoms with E-state index in [2.05, 4.69) is 5.32 Å². The Morgan fingerprint density at radius 3 is 2.31 bits per heavy atom. The number of carboxylic acids is 1. The molecular weight excluding hydrogens is 489 g/mol. The minimum atomic E-state index is -0.958. The molecule has 0 saturated carbocycles. The molecule has 0 unspecified atom stereocenters. The maximum Gasteiger partial charge on any atom is 0.338 e. The van der Waals surface area contributed by atoms with E-state index in [-0.39, 0.29) is 24.7 Å². The van der Waals surface area contributed by atoms with Gasteiger partial charge in [-0.1, -0.05) is 66.5 Å². The first kappa shape index (κ1) is 26.5. The molecule has 0 fully saturated rings. The van der Waals surface area contributed by atoms with Gasteiger partial charge in [-0.3, -0.25) is 9.59 Å². The van der Waals surface area contributed by atoms with Crippen molar-refractivity contribution in [3.8, 4) is 0 Å². The van der Waals surface area contributed by atoms with Crippen LogP contribution in [0.5, 0.6) is 0 Å². The number of carboxylic acid groups (broad SMARTS) is 1. The standard InChI is InChI=1S/C27H27Cl2NO5/c1-16(12-26(32)33)11-25(31)30-17(2)24(14-18-7-10-22(28)23(29)13-18)35-27(34)21-9-8-19-5-3-4-6-20(19)15-21/h3-10,13,15-17,24H,11-12,14H2,1-2H3,(H,30,31)(H,32,33)/t16-,17-,24-/m0/s1. The molecule has 0 saturated heterocycles. The average Bonchev–Trinajstić information content (AvgIpc) is 2.79. The summed E-state index contributed by atoms with van der Waals surface area (Å²) in [6.07, 6.45) is -0.465. The minimum absolute atomic E-state index is 0.0504. The zero-order valence-electron chi connectivity index (χ0n) is 19.5. The van der Waals surface area contributed by atoms with Crippen LogP contribution < -0.4 is 5.32 Å². The van der Waals surface area contributed by atoms with Crippen LogP contribution in [-0.2, 0) is 20.7 Å². The lowest BCUT2D eigenvalue weighted by molar-refractivity contribution is -0.138. The number of nitrogens with one attached hydrogen (secondary N) is 1.